The van der Waals surface area contributed by atoms with Crippen molar-refractivity contribution in [3.8, 4) is 5.75 Å². The molecule has 0 aliphatic carbocycles. The zero-order chi connectivity index (χ0) is 32.3. The van der Waals surface area contributed by atoms with Crippen molar-refractivity contribution in [1.29, 1.82) is 0 Å². The number of carbonyl (C=O) groups excluding carboxylic acids is 3. The number of halogens is 1. The number of rotatable bonds is 9. The van der Waals surface area contributed by atoms with Gasteiger partial charge in [-0.15, -0.1) is 5.10 Å². The fourth-order valence-electron chi connectivity index (χ4n) is 3.91. The Morgan fingerprint density at radius 3 is 2.33 bits per heavy atom. The minimum Gasteiger partial charge on any atom is -0.495 e. The molecule has 0 radical (unpaired) electrons. The quantitative estimate of drug-likeness (QED) is 0.240. The van der Waals surface area contributed by atoms with Crippen molar-refractivity contribution in [3.63, 3.8) is 0 Å². The topological polar surface area (TPSA) is 159 Å². The number of hydrogen-bond donors (Lipinski definition) is 0. The van der Waals surface area contributed by atoms with E-state index < -0.39 is 46.4 Å². The number of methoxy groups -OCH3 is 1. The van der Waals surface area contributed by atoms with E-state index in [1.807, 2.05) is 0 Å². The van der Waals surface area contributed by atoms with Crippen molar-refractivity contribution < 1.29 is 41.7 Å². The molecule has 1 atom stereocenters. The number of esters is 1. The SMILES string of the molecule is COc1cc(S(C)(=O)=O)ccc1N(C(=O)OCOC(=O)C(C(C)C)N(C)C(=O)OC(C)(C)C)c1nc2ccc(Cl)cn2n1. The first kappa shape index (κ1) is 33.4. The Bertz CT molecular complexity index is 1620. The molecule has 0 aliphatic heterocycles. The lowest BCUT2D eigenvalue weighted by molar-refractivity contribution is -0.159. The predicted molar refractivity (Wildman–Crippen MR) is 156 cm³/mol. The molecule has 0 N–H and O–H groups in total. The number of nitrogens with zero attached hydrogens (tertiary/aromatic N) is 5. The lowest BCUT2D eigenvalue weighted by Crippen LogP contribution is -2.48. The molecular formula is C27H34ClN5O9S. The van der Waals surface area contributed by atoms with Gasteiger partial charge in [0.2, 0.25) is 6.79 Å². The Balaban J connectivity index is 1.89. The van der Waals surface area contributed by atoms with Gasteiger partial charge in [-0.05, 0) is 51.0 Å². The highest BCUT2D eigenvalue weighted by Gasteiger charge is 2.34. The molecule has 0 aliphatic rings. The minimum absolute atomic E-state index is 0.00684. The van der Waals surface area contributed by atoms with Crippen molar-refractivity contribution in [2.24, 2.45) is 5.92 Å². The first-order valence-electron chi connectivity index (χ1n) is 12.9. The van der Waals surface area contributed by atoms with Gasteiger partial charge in [0, 0.05) is 25.6 Å². The van der Waals surface area contributed by atoms with E-state index in [0.717, 1.165) is 16.1 Å². The van der Waals surface area contributed by atoms with Gasteiger partial charge in [-0.1, -0.05) is 25.4 Å². The number of amides is 2. The maximum Gasteiger partial charge on any atom is 0.424 e. The number of sulfone groups is 1. The summed E-state index contributed by atoms with van der Waals surface area (Å²) in [7, 11) is -0.913. The first-order valence-corrected chi connectivity index (χ1v) is 15.2. The normalized spacial score (nSPS) is 12.5. The van der Waals surface area contributed by atoms with Crippen LogP contribution in [0.25, 0.3) is 5.65 Å². The summed E-state index contributed by atoms with van der Waals surface area (Å²) < 4.78 is 46.8. The minimum atomic E-state index is -3.61. The fraction of sp³-hybridized carbons (Fsp3) is 0.444. The summed E-state index contributed by atoms with van der Waals surface area (Å²) >= 11 is 6.06. The van der Waals surface area contributed by atoms with Crippen molar-refractivity contribution in [3.05, 3.63) is 41.6 Å². The Morgan fingerprint density at radius 1 is 1.07 bits per heavy atom. The van der Waals surface area contributed by atoms with E-state index in [9.17, 15) is 22.8 Å². The van der Waals surface area contributed by atoms with Crippen LogP contribution in [0.3, 0.4) is 0 Å². The summed E-state index contributed by atoms with van der Waals surface area (Å²) in [5, 5.41) is 4.65. The van der Waals surface area contributed by atoms with Gasteiger partial charge >= 0.3 is 18.2 Å². The molecule has 3 aromatic rings. The van der Waals surface area contributed by atoms with Crippen molar-refractivity contribution in [2.75, 3.05) is 32.1 Å². The van der Waals surface area contributed by atoms with Crippen LogP contribution >= 0.6 is 11.6 Å². The van der Waals surface area contributed by atoms with Gasteiger partial charge in [-0.2, -0.15) is 4.98 Å². The average Bonchev–Trinajstić information content (AvgIpc) is 3.29. The molecule has 1 aromatic carbocycles. The number of carbonyl (C=O) groups is 3. The summed E-state index contributed by atoms with van der Waals surface area (Å²) in [5.41, 5.74) is -0.411. The molecule has 16 heteroatoms. The molecule has 234 valence electrons. The second-order valence-corrected chi connectivity index (χ2v) is 13.2. The van der Waals surface area contributed by atoms with Gasteiger partial charge in [0.25, 0.3) is 5.95 Å². The van der Waals surface area contributed by atoms with E-state index in [4.69, 9.17) is 30.5 Å². The summed E-state index contributed by atoms with van der Waals surface area (Å²) in [6.07, 6.45) is 0.686. The van der Waals surface area contributed by atoms with Gasteiger partial charge in [0.05, 0.1) is 22.7 Å². The van der Waals surface area contributed by atoms with E-state index in [-0.39, 0.29) is 28.2 Å². The molecule has 2 amide bonds. The molecule has 1 unspecified atom stereocenters. The molecule has 0 fully saturated rings. The number of ether oxygens (including phenoxy) is 4. The monoisotopic (exact) mass is 639 g/mol. The maximum atomic E-state index is 13.5. The third-order valence-electron chi connectivity index (χ3n) is 5.84. The van der Waals surface area contributed by atoms with Crippen molar-refractivity contribution >= 4 is 56.9 Å². The number of pyridine rings is 1. The molecule has 0 saturated carbocycles. The van der Waals surface area contributed by atoms with E-state index in [0.29, 0.717) is 10.7 Å². The molecule has 2 aromatic heterocycles. The number of likely N-dealkylation sites (N-methyl/N-ethyl adjacent to an activating group) is 1. The zero-order valence-corrected chi connectivity index (χ0v) is 26.6. The zero-order valence-electron chi connectivity index (χ0n) is 25.0. The van der Waals surface area contributed by atoms with Gasteiger partial charge in [-0.3, -0.25) is 4.90 Å². The van der Waals surface area contributed by atoms with Crippen molar-refractivity contribution in [2.45, 2.75) is 51.2 Å². The molecule has 0 bridgehead atoms. The Hall–Kier alpha value is -4.11. The van der Waals surface area contributed by atoms with Crippen LogP contribution in [0.4, 0.5) is 21.2 Å². The molecule has 2 heterocycles. The van der Waals surface area contributed by atoms with Crippen LogP contribution in [0.1, 0.15) is 34.6 Å². The highest BCUT2D eigenvalue weighted by Crippen LogP contribution is 2.35. The van der Waals surface area contributed by atoms with Crippen LogP contribution in [0.15, 0.2) is 41.4 Å². The van der Waals surface area contributed by atoms with Crippen LogP contribution < -0.4 is 9.64 Å². The smallest absolute Gasteiger partial charge is 0.424 e. The first-order chi connectivity index (χ1) is 19.9. The standard InChI is InChI=1S/C27H34ClN5O9S/c1-16(2)22(31(6)25(35)42-27(3,4)5)23(34)40-15-41-26(36)33(24-29-21-12-9-17(28)14-32(21)30-24)19-11-10-18(43(8,37)38)13-20(19)39-7/h9-14,16,22H,15H2,1-8H3. The van der Waals surface area contributed by atoms with Crippen LogP contribution in [0.5, 0.6) is 5.75 Å². The number of anilines is 2. The number of benzene rings is 1. The second-order valence-electron chi connectivity index (χ2n) is 10.8. The lowest BCUT2D eigenvalue weighted by Gasteiger charge is -2.31. The maximum absolute atomic E-state index is 13.5. The summed E-state index contributed by atoms with van der Waals surface area (Å²) in [6.45, 7) is 7.69. The molecule has 0 saturated heterocycles. The average molecular weight is 640 g/mol. The lowest BCUT2D eigenvalue weighted by atomic mass is 10.0. The molecule has 3 rings (SSSR count). The highest BCUT2D eigenvalue weighted by molar-refractivity contribution is 7.90. The summed E-state index contributed by atoms with van der Waals surface area (Å²) in [6, 6.07) is 5.95. The number of aromatic nitrogens is 3. The largest absolute Gasteiger partial charge is 0.495 e. The van der Waals surface area contributed by atoms with Crippen LogP contribution in [0, 0.1) is 5.92 Å². The van der Waals surface area contributed by atoms with E-state index in [2.05, 4.69) is 10.1 Å². The third kappa shape index (κ3) is 8.26. The summed E-state index contributed by atoms with van der Waals surface area (Å²) in [4.78, 5) is 45.3. The molecule has 0 spiro atoms. The van der Waals surface area contributed by atoms with Crippen molar-refractivity contribution in [1.82, 2.24) is 19.5 Å². The third-order valence-corrected chi connectivity index (χ3v) is 7.18. The van der Waals surface area contributed by atoms with Crippen LogP contribution in [-0.4, -0.2) is 84.9 Å². The number of hydrogen-bond acceptors (Lipinski definition) is 11. The Labute approximate surface area is 254 Å². The van der Waals surface area contributed by atoms with E-state index >= 15 is 0 Å². The summed E-state index contributed by atoms with van der Waals surface area (Å²) in [5.74, 6) is -1.39. The van der Waals surface area contributed by atoms with E-state index in [1.54, 1.807) is 46.8 Å². The van der Waals surface area contributed by atoms with Gasteiger partial charge in [0.1, 0.15) is 17.4 Å². The van der Waals surface area contributed by atoms with Gasteiger partial charge < -0.3 is 18.9 Å². The Kier molecular flexibility index (Phi) is 10.1. The van der Waals surface area contributed by atoms with Crippen LogP contribution in [-0.2, 0) is 28.8 Å². The molecular weight excluding hydrogens is 606 g/mol. The number of fused-ring (bicyclic) bond motifs is 1. The predicted octanol–water partition coefficient (Wildman–Crippen LogP) is 4.46. The highest BCUT2D eigenvalue weighted by atomic mass is 35.5. The van der Waals surface area contributed by atoms with Gasteiger partial charge in [-0.25, -0.2) is 32.2 Å². The fourth-order valence-corrected chi connectivity index (χ4v) is 4.71. The second kappa shape index (κ2) is 13.0. The van der Waals surface area contributed by atoms with Crippen LogP contribution in [0.2, 0.25) is 5.02 Å². The van der Waals surface area contributed by atoms with Gasteiger partial charge in [0.15, 0.2) is 15.5 Å². The molecule has 43 heavy (non-hydrogen) atoms. The van der Waals surface area contributed by atoms with E-state index in [1.165, 1.54) is 43.1 Å². The Morgan fingerprint density at radius 2 is 1.74 bits per heavy atom. The molecule has 14 nitrogen and oxygen atoms in total.